The SMILES string of the molecule is O=C(O)O.[BaH2].[O]=[Cu].[Y]. The Balaban J connectivity index is -0.0000000183. The molecule has 48 valence electrons. The molecule has 0 aromatic heterocycles. The molecule has 0 aliphatic carbocycles. The molecule has 0 fully saturated rings. The predicted octanol–water partition coefficient (Wildman–Crippen LogP) is -0.818. The zero-order valence-corrected chi connectivity index (χ0v) is 6.87. The fourth-order valence-corrected chi connectivity index (χ4v) is 0. The van der Waals surface area contributed by atoms with Crippen LogP contribution in [0.4, 0.5) is 4.79 Å². The summed E-state index contributed by atoms with van der Waals surface area (Å²) in [4.78, 5) is 8.56. The van der Waals surface area contributed by atoms with E-state index in [9.17, 15) is 0 Å². The van der Waals surface area contributed by atoms with Crippen molar-refractivity contribution in [3.8, 4) is 0 Å². The van der Waals surface area contributed by atoms with Gasteiger partial charge in [0.1, 0.15) is 0 Å². The molecule has 0 atom stereocenters. The fraction of sp³-hybridized carbons (Fsp3) is 0. The molecule has 1 radical (unpaired) electrons. The molecule has 0 spiro atoms. The van der Waals surface area contributed by atoms with Gasteiger partial charge in [-0.1, -0.05) is 0 Å². The maximum Gasteiger partial charge on any atom is 0 e. The molecule has 0 saturated heterocycles. The monoisotopic (exact) mass is 370 g/mol. The molecule has 2 N–H and O–H groups in total. The van der Waals surface area contributed by atoms with Crippen LogP contribution < -0.4 is 0 Å². The number of hydrogen-bond donors (Lipinski definition) is 2. The number of rotatable bonds is 0. The Kier molecular flexibility index (Phi) is 64.1. The smallest absolute Gasteiger partial charge is 0 e. The third kappa shape index (κ3) is 85.0. The third-order valence-electron chi connectivity index (χ3n) is 0. The van der Waals surface area contributed by atoms with Gasteiger partial charge in [-0.2, -0.15) is 0 Å². The molecule has 4 nitrogen and oxygen atoms in total. The van der Waals surface area contributed by atoms with Crippen molar-refractivity contribution in [2.45, 2.75) is 0 Å². The van der Waals surface area contributed by atoms with Gasteiger partial charge in [-0.25, -0.2) is 4.79 Å². The maximum absolute atomic E-state index is 8.56. The van der Waals surface area contributed by atoms with Crippen molar-refractivity contribution in [3.05, 3.63) is 0 Å². The summed E-state index contributed by atoms with van der Waals surface area (Å²) in [5, 5.41) is 13.9. The van der Waals surface area contributed by atoms with Crippen LogP contribution in [0.5, 0.6) is 0 Å². The standard InChI is InChI=1S/CH2O3.Ba.Cu.O.Y.2H/c2-1(3)4;;;;;;/h(H2,2,3,4);;;;;;. The van der Waals surface area contributed by atoms with E-state index in [1.54, 1.807) is 0 Å². The van der Waals surface area contributed by atoms with Crippen LogP contribution in [0.1, 0.15) is 0 Å². The van der Waals surface area contributed by atoms with Crippen LogP contribution in [-0.2, 0) is 52.5 Å². The molecule has 0 aromatic carbocycles. The molecule has 7 heteroatoms. The van der Waals surface area contributed by atoms with Gasteiger partial charge in [0.05, 0.1) is 0 Å². The first-order valence-corrected chi connectivity index (χ1v) is 1.16. The second-order valence-corrected chi connectivity index (χ2v) is 0.283. The van der Waals surface area contributed by atoms with Crippen molar-refractivity contribution < 1.29 is 67.5 Å². The van der Waals surface area contributed by atoms with E-state index in [0.717, 1.165) is 0 Å². The predicted molar refractivity (Wildman–Crippen MR) is 19.9 cm³/mol. The molecular weight excluding hydrogens is 366 g/mol. The van der Waals surface area contributed by atoms with E-state index >= 15 is 0 Å². The van der Waals surface area contributed by atoms with Gasteiger partial charge in [0.2, 0.25) is 0 Å². The van der Waals surface area contributed by atoms with Crippen LogP contribution >= 0.6 is 0 Å². The molecule has 0 aliphatic rings. The van der Waals surface area contributed by atoms with Crippen molar-refractivity contribution >= 4 is 55.0 Å². The van der Waals surface area contributed by atoms with E-state index in [1.165, 1.54) is 0 Å². The summed E-state index contributed by atoms with van der Waals surface area (Å²) in [6, 6.07) is 0. The molecular formula is CH4BaCuO4Y. The molecule has 0 unspecified atom stereocenters. The largest absolute Gasteiger partial charge is 0 e. The molecule has 0 saturated carbocycles. The Hall–Kier alpha value is 2.26. The second-order valence-electron chi connectivity index (χ2n) is 0.283. The first-order valence-electron chi connectivity index (χ1n) is 0.774. The number of hydrogen-bond acceptors (Lipinski definition) is 2. The minimum atomic E-state index is -1.83. The van der Waals surface area contributed by atoms with Crippen molar-refractivity contribution in [1.29, 1.82) is 0 Å². The number of carboxylic acid groups (broad SMARTS) is 2. The van der Waals surface area contributed by atoms with Crippen LogP contribution in [0.3, 0.4) is 0 Å². The Labute approximate surface area is 120 Å². The van der Waals surface area contributed by atoms with Gasteiger partial charge in [-0.15, -0.1) is 0 Å². The molecule has 0 amide bonds. The van der Waals surface area contributed by atoms with Crippen LogP contribution in [0.15, 0.2) is 0 Å². The van der Waals surface area contributed by atoms with Gasteiger partial charge in [0, 0.05) is 32.7 Å². The Morgan fingerprint density at radius 2 is 1.25 bits per heavy atom. The van der Waals surface area contributed by atoms with Crippen LogP contribution in [0, 0.1) is 0 Å². The van der Waals surface area contributed by atoms with Crippen molar-refractivity contribution in [1.82, 2.24) is 0 Å². The summed E-state index contributed by atoms with van der Waals surface area (Å²) in [5.41, 5.74) is 0. The number of carbonyl (C=O) groups is 1. The van der Waals surface area contributed by atoms with E-state index in [-0.39, 0.29) is 81.6 Å². The van der Waals surface area contributed by atoms with E-state index in [1.807, 2.05) is 0 Å². The van der Waals surface area contributed by atoms with Crippen LogP contribution in [0.25, 0.3) is 0 Å². The molecule has 0 heterocycles. The average Bonchev–Trinajstić information content (AvgIpc) is 1.41. The van der Waals surface area contributed by atoms with Crippen LogP contribution in [-0.4, -0.2) is 65.2 Å². The zero-order valence-electron chi connectivity index (χ0n) is 3.09. The summed E-state index contributed by atoms with van der Waals surface area (Å²) < 4.78 is 7.81. The summed E-state index contributed by atoms with van der Waals surface area (Å²) >= 11 is 2.94. The quantitative estimate of drug-likeness (QED) is 0.547. The average molecular weight is 370 g/mol. The Morgan fingerprint density at radius 3 is 1.25 bits per heavy atom. The first-order chi connectivity index (χ1) is 2.73. The van der Waals surface area contributed by atoms with Crippen molar-refractivity contribution in [3.63, 3.8) is 0 Å². The molecule has 0 bridgehead atoms. The molecule has 0 aliphatic heterocycles. The van der Waals surface area contributed by atoms with Gasteiger partial charge in [0.15, 0.2) is 0 Å². The topological polar surface area (TPSA) is 74.6 Å². The van der Waals surface area contributed by atoms with E-state index in [4.69, 9.17) is 18.8 Å². The fourth-order valence-electron chi connectivity index (χ4n) is 0. The van der Waals surface area contributed by atoms with Crippen LogP contribution in [0.2, 0.25) is 0 Å². The van der Waals surface area contributed by atoms with Gasteiger partial charge in [-0.05, 0) is 0 Å². The normalized spacial score (nSPS) is 3.75. The van der Waals surface area contributed by atoms with E-state index < -0.39 is 6.16 Å². The van der Waals surface area contributed by atoms with E-state index in [0.29, 0.717) is 0 Å². The second kappa shape index (κ2) is 22.8. The Morgan fingerprint density at radius 1 is 1.25 bits per heavy atom. The summed E-state index contributed by atoms with van der Waals surface area (Å²) in [6.45, 7) is 0. The first kappa shape index (κ1) is 22.4. The van der Waals surface area contributed by atoms with E-state index in [2.05, 4.69) is 15.9 Å². The maximum atomic E-state index is 8.56. The molecule has 8 heavy (non-hydrogen) atoms. The molecule has 0 rings (SSSR count). The molecule has 0 aromatic rings. The third-order valence-corrected chi connectivity index (χ3v) is 0. The zero-order chi connectivity index (χ0) is 5.58. The van der Waals surface area contributed by atoms with Crippen molar-refractivity contribution in [2.75, 3.05) is 0 Å². The van der Waals surface area contributed by atoms with Crippen molar-refractivity contribution in [2.24, 2.45) is 0 Å². The van der Waals surface area contributed by atoms with Gasteiger partial charge < -0.3 is 10.2 Å². The van der Waals surface area contributed by atoms with Gasteiger partial charge in [0.25, 0.3) is 0 Å². The Bertz CT molecular complexity index is 47.3. The summed E-state index contributed by atoms with van der Waals surface area (Å²) in [6.07, 6.45) is -1.83. The minimum absolute atomic E-state index is 0. The van der Waals surface area contributed by atoms with Gasteiger partial charge >= 0.3 is 74.8 Å². The summed E-state index contributed by atoms with van der Waals surface area (Å²) in [7, 11) is 0. The summed E-state index contributed by atoms with van der Waals surface area (Å²) in [5.74, 6) is 0. The van der Waals surface area contributed by atoms with Gasteiger partial charge in [-0.3, -0.25) is 0 Å². The minimum Gasteiger partial charge on any atom is 0 e.